The second-order valence-corrected chi connectivity index (χ2v) is 5.30. The maximum atomic E-state index is 8.99. The van der Waals surface area contributed by atoms with Gasteiger partial charge in [0.2, 0.25) is 0 Å². The Morgan fingerprint density at radius 1 is 0.708 bits per heavy atom. The first-order chi connectivity index (χ1) is 11.8. The topological polar surface area (TPSA) is 66.4 Å². The van der Waals surface area contributed by atoms with Crippen LogP contribution in [0.4, 0.5) is 0 Å². The highest BCUT2D eigenvalue weighted by atomic mass is 16.6. The third-order valence-electron chi connectivity index (χ3n) is 2.96. The van der Waals surface area contributed by atoms with Crippen molar-refractivity contribution in [1.82, 2.24) is 0 Å². The highest BCUT2D eigenvalue weighted by Gasteiger charge is 1.96. The van der Waals surface area contributed by atoms with Crippen LogP contribution in [0.5, 0.6) is 0 Å². The lowest BCUT2D eigenvalue weighted by Crippen LogP contribution is -2.15. The molecule has 6 nitrogen and oxygen atoms in total. The predicted octanol–water partition coefficient (Wildman–Crippen LogP) is 1.65. The maximum Gasteiger partial charge on any atom is 0.0745 e. The van der Waals surface area contributed by atoms with E-state index in [4.69, 9.17) is 28.8 Å². The van der Waals surface area contributed by atoms with Crippen LogP contribution < -0.4 is 0 Å². The molecule has 0 saturated carbocycles. The molecule has 24 heavy (non-hydrogen) atoms. The minimum Gasteiger partial charge on any atom is -0.391 e. The number of hydrogen-bond donors (Lipinski definition) is 1. The van der Waals surface area contributed by atoms with Crippen LogP contribution >= 0.6 is 0 Å². The molecule has 6 heteroatoms. The predicted molar refractivity (Wildman–Crippen MR) is 91.1 cm³/mol. The van der Waals surface area contributed by atoms with Crippen molar-refractivity contribution >= 4 is 0 Å². The number of hydrogen-bond acceptors (Lipinski definition) is 6. The van der Waals surface area contributed by atoms with E-state index in [1.807, 2.05) is 30.3 Å². The van der Waals surface area contributed by atoms with Crippen molar-refractivity contribution in [1.29, 1.82) is 0 Å². The molecule has 0 amide bonds. The third kappa shape index (κ3) is 13.4. The molecular formula is C18H30O6. The molecular weight excluding hydrogens is 312 g/mol. The zero-order chi connectivity index (χ0) is 17.3. The smallest absolute Gasteiger partial charge is 0.0745 e. The van der Waals surface area contributed by atoms with Crippen LogP contribution in [0.1, 0.15) is 12.5 Å². The highest BCUT2D eigenvalue weighted by molar-refractivity contribution is 5.13. The first-order valence-electron chi connectivity index (χ1n) is 8.39. The number of benzene rings is 1. The fourth-order valence-corrected chi connectivity index (χ4v) is 1.80. The summed E-state index contributed by atoms with van der Waals surface area (Å²) in [4.78, 5) is 0. The first kappa shape index (κ1) is 21.0. The third-order valence-corrected chi connectivity index (χ3v) is 2.96. The van der Waals surface area contributed by atoms with Gasteiger partial charge < -0.3 is 28.8 Å². The minimum atomic E-state index is -0.433. The summed E-state index contributed by atoms with van der Waals surface area (Å²) in [6.07, 6.45) is -0.433. The van der Waals surface area contributed by atoms with Crippen LogP contribution in [0, 0.1) is 0 Å². The summed E-state index contributed by atoms with van der Waals surface area (Å²) in [6, 6.07) is 10.1. The van der Waals surface area contributed by atoms with Gasteiger partial charge >= 0.3 is 0 Å². The fourth-order valence-electron chi connectivity index (χ4n) is 1.80. The Kier molecular flexibility index (Phi) is 13.6. The van der Waals surface area contributed by atoms with Crippen molar-refractivity contribution < 1.29 is 28.8 Å². The van der Waals surface area contributed by atoms with Gasteiger partial charge in [0.25, 0.3) is 0 Å². The van der Waals surface area contributed by atoms with Crippen LogP contribution in [-0.2, 0) is 30.3 Å². The van der Waals surface area contributed by atoms with Gasteiger partial charge in [-0.05, 0) is 12.5 Å². The molecule has 0 saturated heterocycles. The maximum absolute atomic E-state index is 8.99. The lowest BCUT2D eigenvalue weighted by molar-refractivity contribution is -0.0198. The van der Waals surface area contributed by atoms with Crippen molar-refractivity contribution in [2.45, 2.75) is 19.6 Å². The molecule has 1 N–H and O–H groups in total. The van der Waals surface area contributed by atoms with Gasteiger partial charge in [-0.15, -0.1) is 0 Å². The van der Waals surface area contributed by atoms with E-state index >= 15 is 0 Å². The number of aliphatic hydroxyl groups excluding tert-OH is 1. The van der Waals surface area contributed by atoms with E-state index in [1.54, 1.807) is 6.92 Å². The van der Waals surface area contributed by atoms with Gasteiger partial charge in [0.1, 0.15) is 0 Å². The van der Waals surface area contributed by atoms with Gasteiger partial charge in [-0.3, -0.25) is 0 Å². The van der Waals surface area contributed by atoms with Crippen molar-refractivity contribution in [3.05, 3.63) is 35.9 Å². The summed E-state index contributed by atoms with van der Waals surface area (Å²) in [5.74, 6) is 0. The van der Waals surface area contributed by atoms with E-state index in [2.05, 4.69) is 0 Å². The van der Waals surface area contributed by atoms with Crippen LogP contribution in [0.25, 0.3) is 0 Å². The van der Waals surface area contributed by atoms with E-state index in [0.717, 1.165) is 5.56 Å². The molecule has 0 aliphatic heterocycles. The van der Waals surface area contributed by atoms with Crippen LogP contribution in [0.15, 0.2) is 30.3 Å². The van der Waals surface area contributed by atoms with Crippen molar-refractivity contribution in [2.75, 3.05) is 59.5 Å². The second-order valence-electron chi connectivity index (χ2n) is 5.30. The van der Waals surface area contributed by atoms with Gasteiger partial charge in [-0.25, -0.2) is 0 Å². The lowest BCUT2D eigenvalue weighted by Gasteiger charge is -2.08. The Morgan fingerprint density at radius 2 is 1.17 bits per heavy atom. The fraction of sp³-hybridized carbons (Fsp3) is 0.667. The van der Waals surface area contributed by atoms with Crippen LogP contribution in [-0.4, -0.2) is 70.7 Å². The quantitative estimate of drug-likeness (QED) is 0.461. The Labute approximate surface area is 144 Å². The van der Waals surface area contributed by atoms with Crippen molar-refractivity contribution in [3.8, 4) is 0 Å². The Bertz CT molecular complexity index is 371. The van der Waals surface area contributed by atoms with E-state index in [9.17, 15) is 0 Å². The molecule has 0 aromatic heterocycles. The van der Waals surface area contributed by atoms with E-state index in [1.165, 1.54) is 0 Å². The molecule has 0 aliphatic carbocycles. The molecule has 138 valence electrons. The lowest BCUT2D eigenvalue weighted by atomic mass is 10.2. The summed E-state index contributed by atoms with van der Waals surface area (Å²) in [5, 5.41) is 8.99. The van der Waals surface area contributed by atoms with Crippen LogP contribution in [0.3, 0.4) is 0 Å². The molecule has 0 aliphatic rings. The summed E-state index contributed by atoms with van der Waals surface area (Å²) < 4.78 is 26.8. The zero-order valence-corrected chi connectivity index (χ0v) is 14.5. The summed E-state index contributed by atoms with van der Waals surface area (Å²) in [6.45, 7) is 6.91. The van der Waals surface area contributed by atoms with Gasteiger partial charge in [0, 0.05) is 0 Å². The molecule has 1 unspecified atom stereocenters. The number of aliphatic hydroxyl groups is 1. The van der Waals surface area contributed by atoms with Gasteiger partial charge in [-0.2, -0.15) is 0 Å². The number of ether oxygens (including phenoxy) is 5. The highest BCUT2D eigenvalue weighted by Crippen LogP contribution is 1.99. The standard InChI is InChI=1S/C18H30O6/c1-17(19)15-23-13-11-21-9-7-20-8-10-22-12-14-24-16-18-5-3-2-4-6-18/h2-6,17,19H,7-16H2,1H3. The van der Waals surface area contributed by atoms with Crippen molar-refractivity contribution in [3.63, 3.8) is 0 Å². The molecule has 0 spiro atoms. The summed E-state index contributed by atoms with van der Waals surface area (Å²) in [5.41, 5.74) is 1.16. The zero-order valence-electron chi connectivity index (χ0n) is 14.5. The Morgan fingerprint density at radius 3 is 1.67 bits per heavy atom. The molecule has 1 aromatic rings. The largest absolute Gasteiger partial charge is 0.391 e. The molecule has 0 bridgehead atoms. The second kappa shape index (κ2) is 15.5. The molecule has 1 atom stereocenters. The van der Waals surface area contributed by atoms with Crippen LogP contribution in [0.2, 0.25) is 0 Å². The normalized spacial score (nSPS) is 12.4. The van der Waals surface area contributed by atoms with Gasteiger partial charge in [0.15, 0.2) is 0 Å². The van der Waals surface area contributed by atoms with Gasteiger partial charge in [-0.1, -0.05) is 30.3 Å². The van der Waals surface area contributed by atoms with Crippen molar-refractivity contribution in [2.24, 2.45) is 0 Å². The van der Waals surface area contributed by atoms with Gasteiger partial charge in [0.05, 0.1) is 72.2 Å². The molecule has 0 radical (unpaired) electrons. The number of rotatable bonds is 16. The molecule has 1 rings (SSSR count). The summed E-state index contributed by atoms with van der Waals surface area (Å²) >= 11 is 0. The minimum absolute atomic E-state index is 0.340. The SMILES string of the molecule is CC(O)COCCOCCOCCOCCOCc1ccccc1. The molecule has 1 aromatic carbocycles. The summed E-state index contributed by atoms with van der Waals surface area (Å²) in [7, 11) is 0. The first-order valence-corrected chi connectivity index (χ1v) is 8.39. The van der Waals surface area contributed by atoms with E-state index in [-0.39, 0.29) is 0 Å². The van der Waals surface area contributed by atoms with E-state index in [0.29, 0.717) is 66.1 Å². The Hall–Kier alpha value is -1.02. The molecule has 0 heterocycles. The molecule has 0 fully saturated rings. The average Bonchev–Trinajstić information content (AvgIpc) is 2.59. The monoisotopic (exact) mass is 342 g/mol. The Balaban J connectivity index is 1.72. The average molecular weight is 342 g/mol. The van der Waals surface area contributed by atoms with E-state index < -0.39 is 6.10 Å².